The van der Waals surface area contributed by atoms with Gasteiger partial charge in [0.1, 0.15) is 11.6 Å². The molecule has 1 unspecified atom stereocenters. The van der Waals surface area contributed by atoms with E-state index in [0.29, 0.717) is 21.9 Å². The zero-order valence-corrected chi connectivity index (χ0v) is 13.2. The molecule has 0 bridgehead atoms. The molecule has 20 heavy (non-hydrogen) atoms. The van der Waals surface area contributed by atoms with Crippen molar-refractivity contribution in [3.05, 3.63) is 16.1 Å². The zero-order valence-electron chi connectivity index (χ0n) is 11.7. The summed E-state index contributed by atoms with van der Waals surface area (Å²) in [6, 6.07) is 2.42. The molecular weight excluding hydrogens is 295 g/mol. The van der Waals surface area contributed by atoms with Crippen LogP contribution in [0.15, 0.2) is 6.07 Å². The topological polar surface area (TPSA) is 31.4 Å². The lowest BCUT2D eigenvalue weighted by molar-refractivity contribution is 0.260. The summed E-state index contributed by atoms with van der Waals surface area (Å²) in [5, 5.41) is 4.22. The second kappa shape index (κ2) is 5.96. The Labute approximate surface area is 130 Å². The van der Waals surface area contributed by atoms with Crippen molar-refractivity contribution in [1.82, 2.24) is 9.88 Å². The van der Waals surface area contributed by atoms with Crippen LogP contribution < -0.4 is 10.2 Å². The molecule has 4 nitrogen and oxygen atoms in total. The molecule has 1 atom stereocenters. The molecule has 0 aliphatic carbocycles. The van der Waals surface area contributed by atoms with E-state index in [1.54, 1.807) is 6.07 Å². The van der Waals surface area contributed by atoms with E-state index in [1.807, 2.05) is 7.05 Å². The molecule has 0 spiro atoms. The fourth-order valence-electron chi connectivity index (χ4n) is 3.19. The van der Waals surface area contributed by atoms with Crippen molar-refractivity contribution in [1.29, 1.82) is 0 Å². The van der Waals surface area contributed by atoms with Crippen LogP contribution in [-0.4, -0.2) is 49.2 Å². The van der Waals surface area contributed by atoms with E-state index in [2.05, 4.69) is 20.1 Å². The molecule has 0 saturated carbocycles. The van der Waals surface area contributed by atoms with Crippen LogP contribution in [0.25, 0.3) is 0 Å². The maximum atomic E-state index is 6.32. The van der Waals surface area contributed by atoms with E-state index in [4.69, 9.17) is 23.2 Å². The number of nitrogens with one attached hydrogen (secondary N) is 1. The second-order valence-corrected chi connectivity index (χ2v) is 6.32. The van der Waals surface area contributed by atoms with E-state index in [1.165, 1.54) is 32.4 Å². The highest BCUT2D eigenvalue weighted by Crippen LogP contribution is 2.33. The predicted molar refractivity (Wildman–Crippen MR) is 85.2 cm³/mol. The number of pyridine rings is 1. The van der Waals surface area contributed by atoms with Crippen LogP contribution in [0.3, 0.4) is 0 Å². The van der Waals surface area contributed by atoms with E-state index in [-0.39, 0.29) is 0 Å². The number of rotatable bonds is 3. The molecule has 1 N–H and O–H groups in total. The molecule has 3 heterocycles. The van der Waals surface area contributed by atoms with Crippen molar-refractivity contribution in [3.8, 4) is 0 Å². The average molecular weight is 315 g/mol. The summed E-state index contributed by atoms with van der Waals surface area (Å²) in [5.74, 6) is 1.54. The van der Waals surface area contributed by atoms with Gasteiger partial charge in [-0.25, -0.2) is 4.98 Å². The van der Waals surface area contributed by atoms with Gasteiger partial charge >= 0.3 is 0 Å². The normalized spacial score (nSPS) is 23.6. The third-order valence-corrected chi connectivity index (χ3v) is 4.83. The second-order valence-electron chi connectivity index (χ2n) is 5.51. The largest absolute Gasteiger partial charge is 0.372 e. The van der Waals surface area contributed by atoms with Crippen LogP contribution in [-0.2, 0) is 0 Å². The number of halogens is 2. The molecule has 1 aromatic rings. The van der Waals surface area contributed by atoms with Crippen molar-refractivity contribution < 1.29 is 0 Å². The molecule has 3 rings (SSSR count). The van der Waals surface area contributed by atoms with Gasteiger partial charge in [-0.1, -0.05) is 23.2 Å². The fraction of sp³-hybridized carbons (Fsp3) is 0.643. The Balaban J connectivity index is 1.76. The SMILES string of the molecule is CNc1nc(N2CCC(N3CCCC3)C2)c(Cl)cc1Cl. The lowest BCUT2D eigenvalue weighted by atomic mass is 10.2. The summed E-state index contributed by atoms with van der Waals surface area (Å²) in [6.45, 7) is 4.50. The van der Waals surface area contributed by atoms with E-state index in [0.717, 1.165) is 18.9 Å². The third kappa shape index (κ3) is 2.69. The van der Waals surface area contributed by atoms with Crippen molar-refractivity contribution in [2.75, 3.05) is 43.4 Å². The Morgan fingerprint density at radius 1 is 1.20 bits per heavy atom. The molecule has 0 amide bonds. The minimum Gasteiger partial charge on any atom is -0.372 e. The maximum absolute atomic E-state index is 6.32. The number of nitrogens with zero attached hydrogens (tertiary/aromatic N) is 3. The van der Waals surface area contributed by atoms with E-state index in [9.17, 15) is 0 Å². The first-order chi connectivity index (χ1) is 9.69. The van der Waals surface area contributed by atoms with Gasteiger partial charge in [-0.2, -0.15) is 0 Å². The van der Waals surface area contributed by atoms with Gasteiger partial charge in [0.2, 0.25) is 0 Å². The molecule has 2 fully saturated rings. The molecule has 1 aromatic heterocycles. The Morgan fingerprint density at radius 2 is 1.95 bits per heavy atom. The summed E-state index contributed by atoms with van der Waals surface area (Å²) >= 11 is 12.4. The Bertz CT molecular complexity index is 488. The highest BCUT2D eigenvalue weighted by molar-refractivity contribution is 6.37. The van der Waals surface area contributed by atoms with Crippen molar-refractivity contribution in [3.63, 3.8) is 0 Å². The minimum absolute atomic E-state index is 0.566. The Morgan fingerprint density at radius 3 is 2.65 bits per heavy atom. The van der Waals surface area contributed by atoms with E-state index < -0.39 is 0 Å². The first kappa shape index (κ1) is 14.2. The number of hydrogen-bond acceptors (Lipinski definition) is 4. The molecule has 110 valence electrons. The quantitative estimate of drug-likeness (QED) is 0.929. The highest BCUT2D eigenvalue weighted by Gasteiger charge is 2.31. The van der Waals surface area contributed by atoms with Gasteiger partial charge in [0.05, 0.1) is 10.0 Å². The Hall–Kier alpha value is -0.710. The average Bonchev–Trinajstić information content (AvgIpc) is 3.09. The highest BCUT2D eigenvalue weighted by atomic mass is 35.5. The van der Waals surface area contributed by atoms with Gasteiger partial charge in [-0.15, -0.1) is 0 Å². The van der Waals surface area contributed by atoms with Crippen LogP contribution in [0.1, 0.15) is 19.3 Å². The lowest BCUT2D eigenvalue weighted by Crippen LogP contribution is -2.35. The van der Waals surface area contributed by atoms with Gasteiger partial charge in [-0.3, -0.25) is 4.90 Å². The van der Waals surface area contributed by atoms with Crippen LogP contribution >= 0.6 is 23.2 Å². The standard InChI is InChI=1S/C14H20Cl2N4/c1-17-13-11(15)8-12(16)14(18-13)20-7-4-10(9-20)19-5-2-3-6-19/h8,10H,2-7,9H2,1H3,(H,17,18). The molecule has 0 aromatic carbocycles. The minimum atomic E-state index is 0.566. The Kier molecular flexibility index (Phi) is 4.24. The zero-order chi connectivity index (χ0) is 14.1. The van der Waals surface area contributed by atoms with Gasteiger partial charge in [0, 0.05) is 26.2 Å². The molecule has 6 heteroatoms. The first-order valence-electron chi connectivity index (χ1n) is 7.22. The first-order valence-corrected chi connectivity index (χ1v) is 7.97. The van der Waals surface area contributed by atoms with Gasteiger partial charge in [0.25, 0.3) is 0 Å². The smallest absolute Gasteiger partial charge is 0.150 e. The number of hydrogen-bond donors (Lipinski definition) is 1. The number of anilines is 2. The van der Waals surface area contributed by atoms with Crippen LogP contribution in [0.5, 0.6) is 0 Å². The summed E-state index contributed by atoms with van der Waals surface area (Å²) in [7, 11) is 1.82. The van der Waals surface area contributed by atoms with Gasteiger partial charge in [0.15, 0.2) is 0 Å². The third-order valence-electron chi connectivity index (χ3n) is 4.27. The van der Waals surface area contributed by atoms with E-state index >= 15 is 0 Å². The fourth-order valence-corrected chi connectivity index (χ4v) is 3.77. The molecule has 2 aliphatic rings. The monoisotopic (exact) mass is 314 g/mol. The number of aromatic nitrogens is 1. The molecular formula is C14H20Cl2N4. The summed E-state index contributed by atoms with van der Waals surface area (Å²) < 4.78 is 0. The van der Waals surface area contributed by atoms with Crippen molar-refractivity contribution in [2.24, 2.45) is 0 Å². The summed E-state index contributed by atoms with van der Waals surface area (Å²) in [5.41, 5.74) is 0. The molecule has 2 aliphatic heterocycles. The van der Waals surface area contributed by atoms with Gasteiger partial charge < -0.3 is 10.2 Å². The number of likely N-dealkylation sites (tertiary alicyclic amines) is 1. The van der Waals surface area contributed by atoms with Gasteiger partial charge in [-0.05, 0) is 38.4 Å². The van der Waals surface area contributed by atoms with Crippen LogP contribution in [0.2, 0.25) is 10.0 Å². The maximum Gasteiger partial charge on any atom is 0.150 e. The molecule has 2 saturated heterocycles. The van der Waals surface area contributed by atoms with Crippen molar-refractivity contribution >= 4 is 34.8 Å². The summed E-state index contributed by atoms with van der Waals surface area (Å²) in [6.07, 6.45) is 3.86. The van der Waals surface area contributed by atoms with Crippen LogP contribution in [0, 0.1) is 0 Å². The lowest BCUT2D eigenvalue weighted by Gasteiger charge is -2.24. The van der Waals surface area contributed by atoms with Crippen LogP contribution in [0.4, 0.5) is 11.6 Å². The van der Waals surface area contributed by atoms with Crippen molar-refractivity contribution in [2.45, 2.75) is 25.3 Å². The predicted octanol–water partition coefficient (Wildman–Crippen LogP) is 3.10. The molecule has 0 radical (unpaired) electrons. The summed E-state index contributed by atoms with van der Waals surface area (Å²) in [4.78, 5) is 9.45.